The van der Waals surface area contributed by atoms with E-state index in [9.17, 15) is 19.5 Å². The Bertz CT molecular complexity index is 1360. The third-order valence-electron chi connectivity index (χ3n) is 7.38. The minimum Gasteiger partial charge on any atom is -0.508 e. The summed E-state index contributed by atoms with van der Waals surface area (Å²) in [7, 11) is 0. The van der Waals surface area contributed by atoms with Crippen LogP contribution in [0.4, 0.5) is 0 Å². The Hall–Kier alpha value is -3.75. The summed E-state index contributed by atoms with van der Waals surface area (Å²) in [6.45, 7) is 7.70. The van der Waals surface area contributed by atoms with Crippen molar-refractivity contribution in [3.63, 3.8) is 0 Å². The second-order valence-electron chi connectivity index (χ2n) is 11.8. The van der Waals surface area contributed by atoms with Crippen LogP contribution in [0.5, 0.6) is 5.75 Å². The molecule has 0 aromatic heterocycles. The fourth-order valence-electron chi connectivity index (χ4n) is 5.15. The number of phenolic OH excluding ortho intramolecular Hbond substituents is 1. The van der Waals surface area contributed by atoms with Crippen molar-refractivity contribution in [2.75, 3.05) is 19.6 Å². The maximum Gasteiger partial charge on any atom is 0.247 e. The van der Waals surface area contributed by atoms with Gasteiger partial charge in [-0.15, -0.1) is 0 Å². The Morgan fingerprint density at radius 1 is 0.976 bits per heavy atom. The highest BCUT2D eigenvalue weighted by Gasteiger charge is 2.42. The first-order chi connectivity index (χ1) is 19.6. The van der Waals surface area contributed by atoms with E-state index in [1.807, 2.05) is 48.5 Å². The predicted molar refractivity (Wildman–Crippen MR) is 161 cm³/mol. The SMILES string of the molecule is CC(C)(C)C(=O)N(C(=O)[C@@H]1CCCN1)[C@H](Cc1ccc2ccccc2c1)C(=O)NCCCNCc1cccc(O)c1. The van der Waals surface area contributed by atoms with Crippen LogP contribution in [0.3, 0.4) is 0 Å². The summed E-state index contributed by atoms with van der Waals surface area (Å²) >= 11 is 0. The fraction of sp³-hybridized carbons (Fsp3) is 0.424. The molecule has 8 nitrogen and oxygen atoms in total. The van der Waals surface area contributed by atoms with Crippen molar-refractivity contribution >= 4 is 28.5 Å². The van der Waals surface area contributed by atoms with Crippen molar-refractivity contribution in [1.29, 1.82) is 0 Å². The first-order valence-electron chi connectivity index (χ1n) is 14.5. The minimum atomic E-state index is -0.974. The van der Waals surface area contributed by atoms with Crippen LogP contribution < -0.4 is 16.0 Å². The minimum absolute atomic E-state index is 0.228. The average molecular weight is 559 g/mol. The summed E-state index contributed by atoms with van der Waals surface area (Å²) in [6, 6.07) is 19.6. The zero-order valence-corrected chi connectivity index (χ0v) is 24.3. The lowest BCUT2D eigenvalue weighted by Crippen LogP contribution is -2.59. The number of fused-ring (bicyclic) bond motifs is 1. The highest BCUT2D eigenvalue weighted by Crippen LogP contribution is 2.25. The molecule has 1 saturated heterocycles. The van der Waals surface area contributed by atoms with Crippen LogP contribution in [-0.2, 0) is 27.3 Å². The predicted octanol–water partition coefficient (Wildman–Crippen LogP) is 3.91. The van der Waals surface area contributed by atoms with Gasteiger partial charge in [-0.3, -0.25) is 19.3 Å². The van der Waals surface area contributed by atoms with E-state index in [4.69, 9.17) is 0 Å². The number of imide groups is 1. The molecule has 1 aliphatic rings. The molecule has 0 radical (unpaired) electrons. The Morgan fingerprint density at radius 3 is 2.46 bits per heavy atom. The molecule has 4 N–H and O–H groups in total. The summed E-state index contributed by atoms with van der Waals surface area (Å²) in [4.78, 5) is 42.5. The molecular weight excluding hydrogens is 516 g/mol. The molecule has 1 aliphatic heterocycles. The molecule has 3 amide bonds. The fourth-order valence-corrected chi connectivity index (χ4v) is 5.15. The second kappa shape index (κ2) is 13.7. The van der Waals surface area contributed by atoms with Gasteiger partial charge in [-0.05, 0) is 66.4 Å². The van der Waals surface area contributed by atoms with Crippen molar-refractivity contribution in [2.45, 2.75) is 65.1 Å². The van der Waals surface area contributed by atoms with Crippen LogP contribution >= 0.6 is 0 Å². The molecular formula is C33H42N4O4. The topological polar surface area (TPSA) is 111 Å². The molecule has 0 spiro atoms. The van der Waals surface area contributed by atoms with E-state index in [1.165, 1.54) is 4.90 Å². The Morgan fingerprint density at radius 2 is 1.76 bits per heavy atom. The number of carbonyl (C=O) groups excluding carboxylic acids is 3. The zero-order chi connectivity index (χ0) is 29.4. The number of hydrogen-bond donors (Lipinski definition) is 4. The first kappa shape index (κ1) is 30.2. The highest BCUT2D eigenvalue weighted by atomic mass is 16.3. The lowest BCUT2D eigenvalue weighted by atomic mass is 9.91. The van der Waals surface area contributed by atoms with E-state index >= 15 is 0 Å². The third-order valence-corrected chi connectivity index (χ3v) is 7.38. The van der Waals surface area contributed by atoms with Gasteiger partial charge in [0.1, 0.15) is 11.8 Å². The van der Waals surface area contributed by atoms with Gasteiger partial charge in [0.2, 0.25) is 17.7 Å². The van der Waals surface area contributed by atoms with Crippen LogP contribution in [0, 0.1) is 5.41 Å². The second-order valence-corrected chi connectivity index (χ2v) is 11.8. The van der Waals surface area contributed by atoms with Crippen LogP contribution in [0.25, 0.3) is 10.8 Å². The molecule has 8 heteroatoms. The average Bonchev–Trinajstić information content (AvgIpc) is 3.49. The van der Waals surface area contributed by atoms with Gasteiger partial charge >= 0.3 is 0 Å². The quantitative estimate of drug-likeness (QED) is 0.266. The number of nitrogens with one attached hydrogen (secondary N) is 3. The number of nitrogens with zero attached hydrogens (tertiary/aromatic N) is 1. The molecule has 3 aromatic rings. The summed E-state index contributed by atoms with van der Waals surface area (Å²) < 4.78 is 0. The molecule has 0 aliphatic carbocycles. The number of hydrogen-bond acceptors (Lipinski definition) is 6. The molecule has 41 heavy (non-hydrogen) atoms. The van der Waals surface area contributed by atoms with Crippen LogP contribution in [0.1, 0.15) is 51.2 Å². The van der Waals surface area contributed by atoms with Gasteiger partial charge in [0.25, 0.3) is 0 Å². The van der Waals surface area contributed by atoms with E-state index in [2.05, 4.69) is 16.0 Å². The maximum atomic E-state index is 13.8. The molecule has 218 valence electrons. The van der Waals surface area contributed by atoms with Crippen LogP contribution in [0.2, 0.25) is 0 Å². The molecule has 3 aromatic carbocycles. The lowest BCUT2D eigenvalue weighted by molar-refractivity contribution is -0.157. The maximum absolute atomic E-state index is 13.8. The molecule has 1 heterocycles. The number of benzene rings is 3. The zero-order valence-electron chi connectivity index (χ0n) is 24.3. The summed E-state index contributed by atoms with van der Waals surface area (Å²) in [5.74, 6) is -0.804. The van der Waals surface area contributed by atoms with Gasteiger partial charge in [0.05, 0.1) is 6.04 Å². The molecule has 0 unspecified atom stereocenters. The summed E-state index contributed by atoms with van der Waals surface area (Å²) in [5, 5.41) is 21.3. The number of phenols is 1. The molecule has 1 fully saturated rings. The van der Waals surface area contributed by atoms with Crippen molar-refractivity contribution in [3.05, 3.63) is 77.9 Å². The lowest BCUT2D eigenvalue weighted by Gasteiger charge is -2.35. The van der Waals surface area contributed by atoms with Gasteiger partial charge in [-0.1, -0.05) is 75.4 Å². The van der Waals surface area contributed by atoms with Gasteiger partial charge in [-0.25, -0.2) is 0 Å². The van der Waals surface area contributed by atoms with Crippen LogP contribution in [0.15, 0.2) is 66.7 Å². The number of amides is 3. The number of rotatable bonds is 11. The monoisotopic (exact) mass is 558 g/mol. The van der Waals surface area contributed by atoms with Crippen molar-refractivity contribution in [1.82, 2.24) is 20.9 Å². The Balaban J connectivity index is 1.50. The van der Waals surface area contributed by atoms with Gasteiger partial charge in [-0.2, -0.15) is 0 Å². The van der Waals surface area contributed by atoms with Gasteiger partial charge in [0, 0.05) is 24.9 Å². The number of carbonyl (C=O) groups is 3. The van der Waals surface area contributed by atoms with Crippen LogP contribution in [-0.4, -0.2) is 59.4 Å². The molecule has 0 bridgehead atoms. The smallest absolute Gasteiger partial charge is 0.247 e. The van der Waals surface area contributed by atoms with E-state index < -0.39 is 17.5 Å². The largest absolute Gasteiger partial charge is 0.508 e. The Kier molecular flexibility index (Phi) is 10.1. The third kappa shape index (κ3) is 8.15. The standard InChI is InChI=1S/C33H42N4O4/c1-33(2,3)32(41)37(31(40)28-13-7-17-35-28)29(21-23-14-15-25-10-4-5-11-26(25)19-23)30(39)36-18-8-16-34-22-24-9-6-12-27(38)20-24/h4-6,9-12,14-15,19-20,28-29,34-35,38H,7-8,13,16-18,21-22H2,1-3H3,(H,36,39)/t28-,29+/m0/s1. The van der Waals surface area contributed by atoms with E-state index in [0.717, 1.165) is 28.3 Å². The molecule has 2 atom stereocenters. The summed E-state index contributed by atoms with van der Waals surface area (Å²) in [5.41, 5.74) is 1.02. The van der Waals surface area contributed by atoms with Gasteiger partial charge < -0.3 is 21.1 Å². The van der Waals surface area contributed by atoms with Gasteiger partial charge in [0.15, 0.2) is 0 Å². The normalized spacial score (nSPS) is 15.9. The van der Waals surface area contributed by atoms with E-state index in [1.54, 1.807) is 39.0 Å². The van der Waals surface area contributed by atoms with Crippen molar-refractivity contribution in [3.8, 4) is 5.75 Å². The molecule has 4 rings (SSSR count). The van der Waals surface area contributed by atoms with E-state index in [0.29, 0.717) is 39.0 Å². The van der Waals surface area contributed by atoms with E-state index in [-0.39, 0.29) is 29.9 Å². The first-order valence-corrected chi connectivity index (χ1v) is 14.5. The highest BCUT2D eigenvalue weighted by molar-refractivity contribution is 6.04. The van der Waals surface area contributed by atoms with Crippen molar-refractivity contribution < 1.29 is 19.5 Å². The number of aromatic hydroxyl groups is 1. The molecule has 0 saturated carbocycles. The Labute approximate surface area is 242 Å². The summed E-state index contributed by atoms with van der Waals surface area (Å²) in [6.07, 6.45) is 2.39. The van der Waals surface area contributed by atoms with Crippen molar-refractivity contribution in [2.24, 2.45) is 5.41 Å².